The maximum atomic E-state index is 6.30. The van der Waals surface area contributed by atoms with Gasteiger partial charge in [0.1, 0.15) is 5.76 Å². The van der Waals surface area contributed by atoms with Gasteiger partial charge in [-0.25, -0.2) is 0 Å². The van der Waals surface area contributed by atoms with Crippen LogP contribution in [0.1, 0.15) is 103 Å². The van der Waals surface area contributed by atoms with Gasteiger partial charge in [-0.05, 0) is 158 Å². The maximum Gasteiger partial charge on any atom is 0.124 e. The molecule has 0 saturated carbocycles. The average molecular weight is 878 g/mol. The summed E-state index contributed by atoms with van der Waals surface area (Å²) in [4.78, 5) is 0. The normalized spacial score (nSPS) is 23.3. The van der Waals surface area contributed by atoms with Crippen LogP contribution >= 0.6 is 0 Å². The summed E-state index contributed by atoms with van der Waals surface area (Å²) in [5, 5.41) is 11.7. The van der Waals surface area contributed by atoms with Crippen LogP contribution in [0.15, 0.2) is 209 Å². The van der Waals surface area contributed by atoms with Crippen LogP contribution in [0.2, 0.25) is 0 Å². The number of rotatable bonds is 7. The molecule has 1 N–H and O–H groups in total. The molecular formula is C65H67NO. The molecule has 3 aliphatic carbocycles. The monoisotopic (exact) mass is 878 g/mol. The highest BCUT2D eigenvalue weighted by Crippen LogP contribution is 2.54. The average Bonchev–Trinajstić information content (AvgIpc) is 3.54. The molecule has 338 valence electrons. The molecule has 0 fully saturated rings. The van der Waals surface area contributed by atoms with Gasteiger partial charge in [-0.15, -0.1) is 12.8 Å². The SMILES string of the molecule is C#C.C=C1/C=C\CCO/C(=C(/C=C\C)N/C=C/C2=C(\C=C/C3(C)C=C(C)C(C4=C(C)c5ccc6ccccc6c5C4(C)C)=CC3)CC(C)(C)c3c(c4ccccc4c4ccccc34)C/C=C\2)C1. The first-order chi connectivity index (χ1) is 32.3. The van der Waals surface area contributed by atoms with E-state index in [1.807, 2.05) is 0 Å². The van der Waals surface area contributed by atoms with Crippen molar-refractivity contribution in [2.24, 2.45) is 5.41 Å². The van der Waals surface area contributed by atoms with Crippen molar-refractivity contribution >= 4 is 37.9 Å². The zero-order valence-electron chi connectivity index (χ0n) is 41.0. The molecule has 67 heavy (non-hydrogen) atoms. The number of fused-ring (bicyclic) bond motifs is 9. The highest BCUT2D eigenvalue weighted by molar-refractivity contribution is 6.11. The summed E-state index contributed by atoms with van der Waals surface area (Å²) in [6.45, 7) is 23.8. The first-order valence-electron chi connectivity index (χ1n) is 24.0. The molecule has 0 aromatic heterocycles. The standard InChI is InChI=1S/C63H65NO.C2H2/c1-10-20-56(57-39-42(2)21-17-18-38-65-57)64-37-34-45-23-19-29-55-53-26-14-13-25-51(53)52-27-15-16-28-54(52)59(55)61(5,6)41-47(45)32-35-63(9)36-33-48(43(3)40-63)58-44(4)49-31-30-46-22-11-12-24-50(46)60(49)62(58,7)8;1-2/h10-17,19-28,30-35,37,40,64H,2,18,29,36,38-39,41H2,1,3-9H3;1-2H/b20-10-,21-17-,23-19-,35-32-,37-34+,47-45+,57-56-;. The van der Waals surface area contributed by atoms with E-state index in [0.29, 0.717) is 13.0 Å². The van der Waals surface area contributed by atoms with Crippen molar-refractivity contribution in [2.45, 2.75) is 98.3 Å². The van der Waals surface area contributed by atoms with Crippen LogP contribution in [0.25, 0.3) is 37.9 Å². The van der Waals surface area contributed by atoms with Gasteiger partial charge in [-0.3, -0.25) is 0 Å². The van der Waals surface area contributed by atoms with Crippen molar-refractivity contribution in [3.63, 3.8) is 0 Å². The summed E-state index contributed by atoms with van der Waals surface area (Å²) in [6, 6.07) is 31.6. The number of ether oxygens (including phenoxy) is 1. The Balaban J connectivity index is 0.00000300. The smallest absolute Gasteiger partial charge is 0.124 e. The molecule has 0 amide bonds. The highest BCUT2D eigenvalue weighted by Gasteiger charge is 2.40. The van der Waals surface area contributed by atoms with Crippen molar-refractivity contribution < 1.29 is 4.74 Å². The Morgan fingerprint density at radius 3 is 2.19 bits per heavy atom. The van der Waals surface area contributed by atoms with Crippen LogP contribution in [0.4, 0.5) is 0 Å². The fourth-order valence-corrected chi connectivity index (χ4v) is 11.5. The topological polar surface area (TPSA) is 21.3 Å². The minimum Gasteiger partial charge on any atom is -0.495 e. The molecule has 2 nitrogen and oxygen atoms in total. The largest absolute Gasteiger partial charge is 0.495 e. The van der Waals surface area contributed by atoms with E-state index in [2.05, 4.69) is 238 Å². The fourth-order valence-electron chi connectivity index (χ4n) is 11.5. The van der Waals surface area contributed by atoms with E-state index in [1.165, 1.54) is 88.0 Å². The molecule has 0 radical (unpaired) electrons. The molecule has 1 unspecified atom stereocenters. The van der Waals surface area contributed by atoms with Gasteiger partial charge in [-0.1, -0.05) is 181 Å². The van der Waals surface area contributed by atoms with Crippen LogP contribution in [0.5, 0.6) is 0 Å². The Morgan fingerprint density at radius 1 is 0.776 bits per heavy atom. The van der Waals surface area contributed by atoms with Crippen LogP contribution < -0.4 is 5.32 Å². The van der Waals surface area contributed by atoms with Crippen molar-refractivity contribution in [1.82, 2.24) is 5.32 Å². The van der Waals surface area contributed by atoms with E-state index in [1.54, 1.807) is 0 Å². The number of hydrogen-bond acceptors (Lipinski definition) is 2. The molecule has 0 spiro atoms. The van der Waals surface area contributed by atoms with E-state index in [4.69, 9.17) is 4.74 Å². The third-order valence-electron chi connectivity index (χ3n) is 14.4. The Labute approximate surface area is 401 Å². The Kier molecular flexibility index (Phi) is 13.4. The van der Waals surface area contributed by atoms with Gasteiger partial charge in [0.25, 0.3) is 0 Å². The van der Waals surface area contributed by atoms with E-state index in [-0.39, 0.29) is 16.2 Å². The Morgan fingerprint density at radius 2 is 1.46 bits per heavy atom. The molecule has 1 atom stereocenters. The summed E-state index contributed by atoms with van der Waals surface area (Å²) in [5.74, 6) is 0.917. The number of benzene rings is 5. The lowest BCUT2D eigenvalue weighted by Gasteiger charge is -2.34. The molecule has 0 saturated heterocycles. The lowest BCUT2D eigenvalue weighted by atomic mass is 9.70. The summed E-state index contributed by atoms with van der Waals surface area (Å²) >= 11 is 0. The second kappa shape index (κ2) is 19.2. The number of allylic oxidation sites excluding steroid dienone is 17. The molecular weight excluding hydrogens is 811 g/mol. The summed E-state index contributed by atoms with van der Waals surface area (Å²) < 4.78 is 6.30. The van der Waals surface area contributed by atoms with Gasteiger partial charge in [0, 0.05) is 23.5 Å². The second-order valence-corrected chi connectivity index (χ2v) is 20.1. The van der Waals surface area contributed by atoms with Crippen molar-refractivity contribution in [3.05, 3.63) is 232 Å². The summed E-state index contributed by atoms with van der Waals surface area (Å²) in [6.07, 6.45) is 39.7. The lowest BCUT2D eigenvalue weighted by molar-refractivity contribution is 0.206. The second-order valence-electron chi connectivity index (χ2n) is 20.1. The first-order valence-corrected chi connectivity index (χ1v) is 24.0. The molecule has 2 heteroatoms. The predicted molar refractivity (Wildman–Crippen MR) is 290 cm³/mol. The van der Waals surface area contributed by atoms with Gasteiger partial charge >= 0.3 is 0 Å². The molecule has 4 aliphatic rings. The number of terminal acetylenes is 1. The van der Waals surface area contributed by atoms with Gasteiger partial charge in [0.2, 0.25) is 0 Å². The van der Waals surface area contributed by atoms with Crippen LogP contribution in [0.3, 0.4) is 0 Å². The zero-order valence-corrected chi connectivity index (χ0v) is 41.0. The van der Waals surface area contributed by atoms with E-state index < -0.39 is 0 Å². The number of nitrogens with one attached hydrogen (secondary N) is 1. The molecule has 5 aromatic carbocycles. The Bertz CT molecular complexity index is 3130. The highest BCUT2D eigenvalue weighted by atomic mass is 16.5. The summed E-state index contributed by atoms with van der Waals surface area (Å²) in [7, 11) is 0. The minimum atomic E-state index is -0.181. The van der Waals surface area contributed by atoms with E-state index >= 15 is 0 Å². The zero-order chi connectivity index (χ0) is 47.5. The number of hydrogen-bond donors (Lipinski definition) is 1. The minimum absolute atomic E-state index is 0.110. The third kappa shape index (κ3) is 9.05. The molecule has 0 bridgehead atoms. The molecule has 5 aromatic rings. The van der Waals surface area contributed by atoms with Crippen LogP contribution in [0, 0.1) is 18.3 Å². The maximum absolute atomic E-state index is 6.30. The fraction of sp³-hybridized carbons (Fsp3) is 0.262. The summed E-state index contributed by atoms with van der Waals surface area (Å²) in [5.41, 5.74) is 15.4. The first kappa shape index (κ1) is 46.7. The molecule has 9 rings (SSSR count). The van der Waals surface area contributed by atoms with Gasteiger partial charge in [-0.2, -0.15) is 0 Å². The molecule has 1 heterocycles. The van der Waals surface area contributed by atoms with E-state index in [0.717, 1.165) is 42.7 Å². The van der Waals surface area contributed by atoms with Crippen molar-refractivity contribution in [3.8, 4) is 12.8 Å². The van der Waals surface area contributed by atoms with Gasteiger partial charge < -0.3 is 10.1 Å². The van der Waals surface area contributed by atoms with Gasteiger partial charge in [0.15, 0.2) is 0 Å². The van der Waals surface area contributed by atoms with E-state index in [9.17, 15) is 0 Å². The Hall–Kier alpha value is -6.82. The predicted octanol–water partition coefficient (Wildman–Crippen LogP) is 16.9. The van der Waals surface area contributed by atoms with Crippen molar-refractivity contribution in [1.29, 1.82) is 0 Å². The lowest BCUT2D eigenvalue weighted by Crippen LogP contribution is -2.22. The van der Waals surface area contributed by atoms with Crippen LogP contribution in [-0.4, -0.2) is 6.61 Å². The van der Waals surface area contributed by atoms with Gasteiger partial charge in [0.05, 0.1) is 12.3 Å². The third-order valence-corrected chi connectivity index (χ3v) is 14.4. The van der Waals surface area contributed by atoms with Crippen LogP contribution in [-0.2, 0) is 22.0 Å². The molecule has 1 aliphatic heterocycles. The van der Waals surface area contributed by atoms with Crippen molar-refractivity contribution in [2.75, 3.05) is 6.61 Å². The quantitative estimate of drug-likeness (QED) is 0.130.